The maximum absolute atomic E-state index is 6.07. The minimum absolute atomic E-state index is 0.0635. The number of hydrogen-bond acceptors (Lipinski definition) is 3. The monoisotopic (exact) mass is 245 g/mol. The molecule has 0 fully saturated rings. The molecule has 1 aromatic rings. The second-order valence-corrected chi connectivity index (χ2v) is 5.39. The summed E-state index contributed by atoms with van der Waals surface area (Å²) >= 11 is 0. The average molecular weight is 245 g/mol. The molecule has 2 N–H and O–H groups in total. The van der Waals surface area contributed by atoms with Crippen molar-refractivity contribution in [2.24, 2.45) is 10.7 Å². The lowest BCUT2D eigenvalue weighted by Crippen LogP contribution is -2.52. The van der Waals surface area contributed by atoms with Crippen molar-refractivity contribution in [1.82, 2.24) is 4.90 Å². The zero-order valence-corrected chi connectivity index (χ0v) is 11.8. The molecule has 1 atom stereocenters. The Morgan fingerprint density at radius 3 is 2.44 bits per heavy atom. The number of guanidine groups is 1. The highest BCUT2D eigenvalue weighted by atomic mass is 15.4. The third-order valence-corrected chi connectivity index (χ3v) is 3.90. The largest absolute Gasteiger partial charge is 0.370 e. The Bertz CT molecular complexity index is 447. The van der Waals surface area contributed by atoms with Gasteiger partial charge in [-0.25, -0.2) is 0 Å². The Kier molecular flexibility index (Phi) is 3.33. The molecule has 0 aromatic heterocycles. The van der Waals surface area contributed by atoms with Crippen molar-refractivity contribution in [1.29, 1.82) is 0 Å². The standard InChI is InChI=1S/C15H23N3/c1-5-15(13-8-6-12(4)7-9-13)10-17-14(16)18(15)11(2)3/h6-9,11H,5,10H2,1-4H3,(H2,16,17). The first-order chi connectivity index (χ1) is 8.51. The van der Waals surface area contributed by atoms with E-state index in [1.807, 2.05) is 0 Å². The molecule has 1 aliphatic heterocycles. The Labute approximate surface area is 110 Å². The highest BCUT2D eigenvalue weighted by Crippen LogP contribution is 2.37. The molecule has 1 heterocycles. The number of benzene rings is 1. The van der Waals surface area contributed by atoms with Crippen molar-refractivity contribution in [2.45, 2.75) is 45.7 Å². The lowest BCUT2D eigenvalue weighted by atomic mass is 9.85. The highest BCUT2D eigenvalue weighted by Gasteiger charge is 2.43. The molecule has 0 saturated carbocycles. The number of nitrogens with zero attached hydrogens (tertiary/aromatic N) is 2. The predicted molar refractivity (Wildman–Crippen MR) is 76.6 cm³/mol. The van der Waals surface area contributed by atoms with Crippen LogP contribution in [0.3, 0.4) is 0 Å². The minimum Gasteiger partial charge on any atom is -0.370 e. The maximum Gasteiger partial charge on any atom is 0.192 e. The fourth-order valence-electron chi connectivity index (χ4n) is 2.92. The molecule has 0 aliphatic carbocycles. The van der Waals surface area contributed by atoms with Crippen LogP contribution < -0.4 is 5.73 Å². The summed E-state index contributed by atoms with van der Waals surface area (Å²) in [7, 11) is 0. The molecule has 1 unspecified atom stereocenters. The first-order valence-corrected chi connectivity index (χ1v) is 6.67. The first kappa shape index (κ1) is 12.9. The van der Waals surface area contributed by atoms with Gasteiger partial charge in [0.15, 0.2) is 5.96 Å². The van der Waals surface area contributed by atoms with Crippen molar-refractivity contribution in [3.05, 3.63) is 35.4 Å². The van der Waals surface area contributed by atoms with E-state index < -0.39 is 0 Å². The van der Waals surface area contributed by atoms with Crippen LogP contribution >= 0.6 is 0 Å². The second kappa shape index (κ2) is 4.63. The van der Waals surface area contributed by atoms with E-state index in [1.54, 1.807) is 0 Å². The number of aryl methyl sites for hydroxylation is 1. The molecular formula is C15H23N3. The van der Waals surface area contributed by atoms with Crippen LogP contribution in [-0.4, -0.2) is 23.4 Å². The van der Waals surface area contributed by atoms with E-state index in [4.69, 9.17) is 5.73 Å². The van der Waals surface area contributed by atoms with Crippen LogP contribution in [0.4, 0.5) is 0 Å². The highest BCUT2D eigenvalue weighted by molar-refractivity contribution is 5.81. The van der Waals surface area contributed by atoms with E-state index in [0.29, 0.717) is 12.0 Å². The predicted octanol–water partition coefficient (Wildman–Crippen LogP) is 2.64. The number of nitrogens with two attached hydrogens (primary N) is 1. The summed E-state index contributed by atoms with van der Waals surface area (Å²) in [6, 6.07) is 9.11. The summed E-state index contributed by atoms with van der Waals surface area (Å²) in [5.74, 6) is 0.674. The summed E-state index contributed by atoms with van der Waals surface area (Å²) in [5, 5.41) is 0. The molecule has 0 spiro atoms. The molecule has 0 amide bonds. The number of hydrogen-bond donors (Lipinski definition) is 1. The van der Waals surface area contributed by atoms with Crippen molar-refractivity contribution in [3.63, 3.8) is 0 Å². The molecule has 0 saturated heterocycles. The molecule has 2 rings (SSSR count). The van der Waals surface area contributed by atoms with Crippen LogP contribution in [0.5, 0.6) is 0 Å². The summed E-state index contributed by atoms with van der Waals surface area (Å²) in [6.07, 6.45) is 1.01. The van der Waals surface area contributed by atoms with Gasteiger partial charge in [0, 0.05) is 6.04 Å². The molecule has 18 heavy (non-hydrogen) atoms. The van der Waals surface area contributed by atoms with Crippen LogP contribution in [0.2, 0.25) is 0 Å². The van der Waals surface area contributed by atoms with Gasteiger partial charge in [-0.15, -0.1) is 0 Å². The van der Waals surface area contributed by atoms with E-state index in [-0.39, 0.29) is 5.54 Å². The topological polar surface area (TPSA) is 41.6 Å². The van der Waals surface area contributed by atoms with Gasteiger partial charge in [0.25, 0.3) is 0 Å². The van der Waals surface area contributed by atoms with Gasteiger partial charge in [-0.3, -0.25) is 4.99 Å². The van der Waals surface area contributed by atoms with Gasteiger partial charge in [-0.1, -0.05) is 36.8 Å². The van der Waals surface area contributed by atoms with Crippen LogP contribution in [0, 0.1) is 6.92 Å². The average Bonchev–Trinajstić information content (AvgIpc) is 2.68. The smallest absolute Gasteiger partial charge is 0.192 e. The SMILES string of the molecule is CCC1(c2ccc(C)cc2)CN=C(N)N1C(C)C. The first-order valence-electron chi connectivity index (χ1n) is 6.67. The quantitative estimate of drug-likeness (QED) is 0.889. The zero-order valence-electron chi connectivity index (χ0n) is 11.8. The van der Waals surface area contributed by atoms with Crippen molar-refractivity contribution >= 4 is 5.96 Å². The molecular weight excluding hydrogens is 222 g/mol. The second-order valence-electron chi connectivity index (χ2n) is 5.39. The molecule has 1 aliphatic rings. The lowest BCUT2D eigenvalue weighted by molar-refractivity contribution is 0.158. The van der Waals surface area contributed by atoms with Gasteiger partial charge in [0.2, 0.25) is 0 Å². The van der Waals surface area contributed by atoms with Crippen molar-refractivity contribution < 1.29 is 0 Å². The number of aliphatic imine (C=N–C) groups is 1. The zero-order chi connectivity index (χ0) is 13.3. The molecule has 3 heteroatoms. The van der Waals surface area contributed by atoms with E-state index in [2.05, 4.69) is 61.9 Å². The van der Waals surface area contributed by atoms with Crippen molar-refractivity contribution in [3.8, 4) is 0 Å². The van der Waals surface area contributed by atoms with E-state index in [9.17, 15) is 0 Å². The van der Waals surface area contributed by atoms with E-state index in [0.717, 1.165) is 13.0 Å². The van der Waals surface area contributed by atoms with Gasteiger partial charge in [0.05, 0.1) is 12.1 Å². The third-order valence-electron chi connectivity index (χ3n) is 3.90. The Morgan fingerprint density at radius 2 is 1.94 bits per heavy atom. The molecule has 98 valence electrons. The number of rotatable bonds is 3. The van der Waals surface area contributed by atoms with Gasteiger partial charge < -0.3 is 10.6 Å². The Morgan fingerprint density at radius 1 is 1.33 bits per heavy atom. The summed E-state index contributed by atoms with van der Waals surface area (Å²) in [6.45, 7) is 9.43. The van der Waals surface area contributed by atoms with E-state index in [1.165, 1.54) is 11.1 Å². The van der Waals surface area contributed by atoms with Gasteiger partial charge in [-0.2, -0.15) is 0 Å². The van der Waals surface area contributed by atoms with Crippen LogP contribution in [0.1, 0.15) is 38.3 Å². The van der Waals surface area contributed by atoms with Crippen molar-refractivity contribution in [2.75, 3.05) is 6.54 Å². The van der Waals surface area contributed by atoms with Gasteiger partial charge >= 0.3 is 0 Å². The van der Waals surface area contributed by atoms with Crippen LogP contribution in [-0.2, 0) is 5.54 Å². The van der Waals surface area contributed by atoms with Crippen LogP contribution in [0.25, 0.3) is 0 Å². The summed E-state index contributed by atoms with van der Waals surface area (Å²) < 4.78 is 0. The fraction of sp³-hybridized carbons (Fsp3) is 0.533. The summed E-state index contributed by atoms with van der Waals surface area (Å²) in [4.78, 5) is 6.74. The van der Waals surface area contributed by atoms with Crippen LogP contribution in [0.15, 0.2) is 29.3 Å². The molecule has 0 radical (unpaired) electrons. The lowest BCUT2D eigenvalue weighted by Gasteiger charge is -2.42. The molecule has 3 nitrogen and oxygen atoms in total. The normalized spacial score (nSPS) is 23.6. The Hall–Kier alpha value is -1.51. The minimum atomic E-state index is -0.0635. The summed E-state index contributed by atoms with van der Waals surface area (Å²) in [5.41, 5.74) is 8.61. The van der Waals surface area contributed by atoms with Gasteiger partial charge in [-0.05, 0) is 32.8 Å². The molecule has 1 aromatic carbocycles. The van der Waals surface area contributed by atoms with Gasteiger partial charge in [0.1, 0.15) is 0 Å². The maximum atomic E-state index is 6.07. The Balaban J connectivity index is 2.46. The third kappa shape index (κ3) is 1.88. The molecule has 0 bridgehead atoms. The fourth-order valence-corrected chi connectivity index (χ4v) is 2.92. The van der Waals surface area contributed by atoms with E-state index >= 15 is 0 Å².